The molecule has 0 radical (unpaired) electrons. The molecule has 2 aromatic carbocycles. The molecule has 1 fully saturated rings. The molecule has 3 heteroatoms. The minimum absolute atomic E-state index is 0.0469. The molecule has 0 saturated heterocycles. The number of rotatable bonds is 6. The SMILES string of the molecule is OCCC(CNC1CC2(CCC2)Oc2ccccc21)c1ccccc1. The summed E-state index contributed by atoms with van der Waals surface area (Å²) in [4.78, 5) is 0. The molecular weight excluding hydrogens is 310 g/mol. The van der Waals surface area contributed by atoms with Crippen LogP contribution in [-0.4, -0.2) is 23.9 Å². The van der Waals surface area contributed by atoms with Crippen LogP contribution >= 0.6 is 0 Å². The number of hydrogen-bond acceptors (Lipinski definition) is 3. The first-order chi connectivity index (χ1) is 12.3. The Morgan fingerprint density at radius 2 is 1.84 bits per heavy atom. The van der Waals surface area contributed by atoms with Crippen molar-refractivity contribution in [2.24, 2.45) is 0 Å². The Morgan fingerprint density at radius 3 is 2.56 bits per heavy atom. The Kier molecular flexibility index (Phi) is 4.78. The zero-order chi connectivity index (χ0) is 17.1. The second-order valence-corrected chi connectivity index (χ2v) is 7.46. The van der Waals surface area contributed by atoms with Gasteiger partial charge in [0, 0.05) is 31.2 Å². The maximum atomic E-state index is 9.48. The minimum atomic E-state index is 0.0469. The van der Waals surface area contributed by atoms with Crippen molar-refractivity contribution in [3.63, 3.8) is 0 Å². The minimum Gasteiger partial charge on any atom is -0.487 e. The molecule has 3 nitrogen and oxygen atoms in total. The molecule has 1 saturated carbocycles. The number of ether oxygens (including phenoxy) is 1. The van der Waals surface area contributed by atoms with E-state index in [2.05, 4.69) is 53.8 Å². The van der Waals surface area contributed by atoms with Gasteiger partial charge in [-0.15, -0.1) is 0 Å². The van der Waals surface area contributed by atoms with Crippen molar-refractivity contribution in [2.75, 3.05) is 13.2 Å². The van der Waals surface area contributed by atoms with E-state index in [0.717, 1.165) is 38.0 Å². The average molecular weight is 337 g/mol. The van der Waals surface area contributed by atoms with Crippen molar-refractivity contribution in [3.8, 4) is 5.75 Å². The number of hydrogen-bond donors (Lipinski definition) is 2. The number of fused-ring (bicyclic) bond motifs is 1. The smallest absolute Gasteiger partial charge is 0.124 e. The van der Waals surface area contributed by atoms with Crippen LogP contribution in [-0.2, 0) is 0 Å². The molecule has 1 heterocycles. The first-order valence-corrected chi connectivity index (χ1v) is 9.47. The zero-order valence-electron chi connectivity index (χ0n) is 14.7. The molecule has 1 spiro atoms. The van der Waals surface area contributed by atoms with Crippen LogP contribution in [0.2, 0.25) is 0 Å². The van der Waals surface area contributed by atoms with Gasteiger partial charge in [-0.25, -0.2) is 0 Å². The standard InChI is InChI=1S/C22H27NO2/c24-14-11-18(17-7-2-1-3-8-17)16-23-20-15-22(12-6-13-22)25-21-10-5-4-9-19(20)21/h1-5,7-10,18,20,23-24H,6,11-16H2. The lowest BCUT2D eigenvalue weighted by Crippen LogP contribution is -2.49. The summed E-state index contributed by atoms with van der Waals surface area (Å²) < 4.78 is 6.34. The van der Waals surface area contributed by atoms with E-state index in [0.29, 0.717) is 12.0 Å². The maximum Gasteiger partial charge on any atom is 0.124 e. The monoisotopic (exact) mass is 337 g/mol. The summed E-state index contributed by atoms with van der Waals surface area (Å²) in [6.07, 6.45) is 5.43. The van der Waals surface area contributed by atoms with E-state index in [1.165, 1.54) is 17.5 Å². The van der Waals surface area contributed by atoms with Gasteiger partial charge in [0.15, 0.2) is 0 Å². The predicted octanol–water partition coefficient (Wildman–Crippen LogP) is 4.19. The molecule has 4 rings (SSSR count). The van der Waals surface area contributed by atoms with E-state index in [4.69, 9.17) is 4.74 Å². The Hall–Kier alpha value is -1.84. The fourth-order valence-corrected chi connectivity index (χ4v) is 4.23. The van der Waals surface area contributed by atoms with Crippen LogP contribution in [0, 0.1) is 0 Å². The molecule has 2 aromatic rings. The third kappa shape index (κ3) is 3.44. The van der Waals surface area contributed by atoms with Crippen molar-refractivity contribution in [1.82, 2.24) is 5.32 Å². The molecule has 2 N–H and O–H groups in total. The van der Waals surface area contributed by atoms with Gasteiger partial charge in [0.2, 0.25) is 0 Å². The molecule has 0 bridgehead atoms. The van der Waals surface area contributed by atoms with E-state index in [-0.39, 0.29) is 12.2 Å². The second-order valence-electron chi connectivity index (χ2n) is 7.46. The third-order valence-corrected chi connectivity index (χ3v) is 5.82. The average Bonchev–Trinajstić information content (AvgIpc) is 2.64. The number of aliphatic hydroxyl groups excluding tert-OH is 1. The molecule has 132 valence electrons. The molecule has 2 atom stereocenters. The van der Waals surface area contributed by atoms with Crippen LogP contribution in [0.1, 0.15) is 55.2 Å². The Balaban J connectivity index is 1.51. The van der Waals surface area contributed by atoms with Crippen LogP contribution in [0.25, 0.3) is 0 Å². The zero-order valence-corrected chi connectivity index (χ0v) is 14.7. The largest absolute Gasteiger partial charge is 0.487 e. The van der Waals surface area contributed by atoms with E-state index in [9.17, 15) is 5.11 Å². The molecule has 0 aromatic heterocycles. The second kappa shape index (κ2) is 7.19. The van der Waals surface area contributed by atoms with Crippen molar-refractivity contribution in [3.05, 3.63) is 65.7 Å². The predicted molar refractivity (Wildman–Crippen MR) is 99.9 cm³/mol. The lowest BCUT2D eigenvalue weighted by molar-refractivity contribution is -0.0370. The van der Waals surface area contributed by atoms with Gasteiger partial charge in [-0.3, -0.25) is 0 Å². The Morgan fingerprint density at radius 1 is 1.08 bits per heavy atom. The molecule has 1 aliphatic carbocycles. The molecule has 2 aliphatic rings. The van der Waals surface area contributed by atoms with Gasteiger partial charge in [-0.1, -0.05) is 48.5 Å². The van der Waals surface area contributed by atoms with E-state index < -0.39 is 0 Å². The summed E-state index contributed by atoms with van der Waals surface area (Å²) in [6, 6.07) is 19.3. The number of para-hydroxylation sites is 1. The molecule has 1 aliphatic heterocycles. The van der Waals surface area contributed by atoms with Crippen molar-refractivity contribution in [1.29, 1.82) is 0 Å². The summed E-state index contributed by atoms with van der Waals surface area (Å²) in [5.41, 5.74) is 2.62. The fourth-order valence-electron chi connectivity index (χ4n) is 4.23. The van der Waals surface area contributed by atoms with Crippen molar-refractivity contribution >= 4 is 0 Å². The van der Waals surface area contributed by atoms with E-state index >= 15 is 0 Å². The molecular formula is C22H27NO2. The van der Waals surface area contributed by atoms with Gasteiger partial charge in [0.05, 0.1) is 0 Å². The highest BCUT2D eigenvalue weighted by Gasteiger charge is 2.45. The van der Waals surface area contributed by atoms with Crippen molar-refractivity contribution < 1.29 is 9.84 Å². The maximum absolute atomic E-state index is 9.48. The Bertz CT molecular complexity index is 696. The summed E-state index contributed by atoms with van der Waals surface area (Å²) >= 11 is 0. The number of benzene rings is 2. The van der Waals surface area contributed by atoms with Crippen LogP contribution in [0.15, 0.2) is 54.6 Å². The topological polar surface area (TPSA) is 41.5 Å². The molecule has 0 amide bonds. The van der Waals surface area contributed by atoms with Crippen LogP contribution in [0.3, 0.4) is 0 Å². The number of aliphatic hydroxyl groups is 1. The quantitative estimate of drug-likeness (QED) is 0.830. The lowest BCUT2D eigenvalue weighted by atomic mass is 9.73. The van der Waals surface area contributed by atoms with Crippen molar-refractivity contribution in [2.45, 2.75) is 49.7 Å². The van der Waals surface area contributed by atoms with Gasteiger partial charge in [0.1, 0.15) is 11.4 Å². The Labute approximate surface area is 150 Å². The lowest BCUT2D eigenvalue weighted by Gasteiger charge is -2.48. The highest BCUT2D eigenvalue weighted by Crippen LogP contribution is 2.48. The van der Waals surface area contributed by atoms with Gasteiger partial charge >= 0.3 is 0 Å². The van der Waals surface area contributed by atoms with Crippen LogP contribution in [0.5, 0.6) is 5.75 Å². The highest BCUT2D eigenvalue weighted by atomic mass is 16.5. The van der Waals surface area contributed by atoms with E-state index in [1.807, 2.05) is 6.07 Å². The van der Waals surface area contributed by atoms with Gasteiger partial charge < -0.3 is 15.2 Å². The van der Waals surface area contributed by atoms with Gasteiger partial charge in [-0.05, 0) is 43.2 Å². The summed E-state index contributed by atoms with van der Waals surface area (Å²) in [7, 11) is 0. The number of nitrogens with one attached hydrogen (secondary N) is 1. The summed E-state index contributed by atoms with van der Waals surface area (Å²) in [5, 5.41) is 13.3. The molecule has 25 heavy (non-hydrogen) atoms. The first kappa shape index (κ1) is 16.6. The summed E-state index contributed by atoms with van der Waals surface area (Å²) in [5.74, 6) is 1.38. The van der Waals surface area contributed by atoms with E-state index in [1.54, 1.807) is 0 Å². The first-order valence-electron chi connectivity index (χ1n) is 9.47. The fraction of sp³-hybridized carbons (Fsp3) is 0.455. The third-order valence-electron chi connectivity index (χ3n) is 5.82. The molecule has 2 unspecified atom stereocenters. The normalized spacial score (nSPS) is 21.9. The summed E-state index contributed by atoms with van der Waals surface area (Å²) in [6.45, 7) is 1.09. The highest BCUT2D eigenvalue weighted by molar-refractivity contribution is 5.39. The van der Waals surface area contributed by atoms with Crippen LogP contribution < -0.4 is 10.1 Å². The van der Waals surface area contributed by atoms with Crippen LogP contribution in [0.4, 0.5) is 0 Å². The van der Waals surface area contributed by atoms with Gasteiger partial charge in [-0.2, -0.15) is 0 Å². The van der Waals surface area contributed by atoms with Gasteiger partial charge in [0.25, 0.3) is 0 Å².